The molecule has 10 heteroatoms. The lowest BCUT2D eigenvalue weighted by Crippen LogP contribution is -2.23. The predicted octanol–water partition coefficient (Wildman–Crippen LogP) is 1.99. The molecule has 1 aromatic heterocycles. The fourth-order valence-corrected chi connectivity index (χ4v) is 3.41. The molecule has 0 spiro atoms. The smallest absolute Gasteiger partial charge is 0.374 e. The lowest BCUT2D eigenvalue weighted by molar-refractivity contribution is 0.0438. The monoisotopic (exact) mass is 411 g/mol. The van der Waals surface area contributed by atoms with Crippen LogP contribution in [0.15, 0.2) is 33.6 Å². The van der Waals surface area contributed by atoms with Gasteiger partial charge >= 0.3 is 11.9 Å². The summed E-state index contributed by atoms with van der Waals surface area (Å²) in [5.41, 5.74) is 0.569. The van der Waals surface area contributed by atoms with E-state index in [0.29, 0.717) is 5.56 Å². The normalized spacial score (nSPS) is 11.4. The van der Waals surface area contributed by atoms with E-state index in [4.69, 9.17) is 13.9 Å². The third kappa shape index (κ3) is 4.34. The maximum atomic E-state index is 12.4. The van der Waals surface area contributed by atoms with Crippen molar-refractivity contribution < 1.29 is 36.6 Å². The van der Waals surface area contributed by atoms with Gasteiger partial charge in [0.1, 0.15) is 23.0 Å². The summed E-state index contributed by atoms with van der Waals surface area (Å²) in [5, 5.41) is 0. The number of nitrogens with zero attached hydrogens (tertiary/aromatic N) is 1. The van der Waals surface area contributed by atoms with Crippen LogP contribution in [0.25, 0.3) is 0 Å². The Morgan fingerprint density at radius 3 is 2.36 bits per heavy atom. The van der Waals surface area contributed by atoms with Gasteiger partial charge in [-0.25, -0.2) is 22.3 Å². The average molecular weight is 411 g/mol. The minimum absolute atomic E-state index is 0.0253. The van der Waals surface area contributed by atoms with E-state index >= 15 is 0 Å². The summed E-state index contributed by atoms with van der Waals surface area (Å²) in [6, 6.07) is 5.50. The number of rotatable bonds is 7. The Morgan fingerprint density at radius 1 is 1.11 bits per heavy atom. The molecular weight excluding hydrogens is 390 g/mol. The van der Waals surface area contributed by atoms with E-state index < -0.39 is 22.0 Å². The third-order valence-corrected chi connectivity index (χ3v) is 5.68. The Kier molecular flexibility index (Phi) is 6.47. The minimum atomic E-state index is -3.83. The van der Waals surface area contributed by atoms with E-state index in [0.717, 1.165) is 4.31 Å². The van der Waals surface area contributed by atoms with Crippen LogP contribution in [0.5, 0.6) is 5.75 Å². The van der Waals surface area contributed by atoms with Gasteiger partial charge in [0.15, 0.2) is 0 Å². The van der Waals surface area contributed by atoms with E-state index in [9.17, 15) is 18.0 Å². The summed E-state index contributed by atoms with van der Waals surface area (Å²) < 4.78 is 46.0. The number of carbonyl (C=O) groups excluding carboxylic acids is 2. The van der Waals surface area contributed by atoms with E-state index in [1.54, 1.807) is 13.0 Å². The molecular formula is C18H21NO8S. The first-order chi connectivity index (χ1) is 13.1. The zero-order valence-electron chi connectivity index (χ0n) is 16.1. The second kappa shape index (κ2) is 8.44. The maximum absolute atomic E-state index is 12.4. The van der Waals surface area contributed by atoms with Crippen LogP contribution in [0.2, 0.25) is 0 Å². The van der Waals surface area contributed by atoms with Gasteiger partial charge in [0.25, 0.3) is 0 Å². The first-order valence-electron chi connectivity index (χ1n) is 8.07. The molecule has 28 heavy (non-hydrogen) atoms. The molecule has 0 N–H and O–H groups in total. The second-order valence-electron chi connectivity index (χ2n) is 5.95. The molecule has 1 aromatic carbocycles. The lowest BCUT2D eigenvalue weighted by Gasteiger charge is -2.15. The van der Waals surface area contributed by atoms with Crippen molar-refractivity contribution >= 4 is 22.0 Å². The van der Waals surface area contributed by atoms with Crippen LogP contribution in [0.4, 0.5) is 0 Å². The van der Waals surface area contributed by atoms with Gasteiger partial charge in [0.2, 0.25) is 15.8 Å². The molecule has 0 saturated carbocycles. The van der Waals surface area contributed by atoms with Crippen LogP contribution in [0.1, 0.15) is 32.2 Å². The van der Waals surface area contributed by atoms with Crippen LogP contribution in [-0.4, -0.2) is 53.0 Å². The fourth-order valence-electron chi connectivity index (χ4n) is 2.34. The summed E-state index contributed by atoms with van der Waals surface area (Å²) in [6.45, 7) is 1.42. The van der Waals surface area contributed by atoms with Gasteiger partial charge in [-0.1, -0.05) is 0 Å². The molecule has 0 fully saturated rings. The highest BCUT2D eigenvalue weighted by atomic mass is 32.2. The first-order valence-corrected chi connectivity index (χ1v) is 9.51. The van der Waals surface area contributed by atoms with Crippen molar-refractivity contribution in [3.63, 3.8) is 0 Å². The van der Waals surface area contributed by atoms with Crippen molar-refractivity contribution in [2.24, 2.45) is 0 Å². The van der Waals surface area contributed by atoms with Crippen LogP contribution in [-0.2, 0) is 26.1 Å². The Bertz CT molecular complexity index is 991. The zero-order valence-corrected chi connectivity index (χ0v) is 17.0. The van der Waals surface area contributed by atoms with Crippen molar-refractivity contribution in [3.8, 4) is 5.75 Å². The van der Waals surface area contributed by atoms with Crippen molar-refractivity contribution in [1.29, 1.82) is 0 Å². The molecule has 0 saturated heterocycles. The molecule has 0 aliphatic heterocycles. The standard InChI is InChI=1S/C18H21NO8S/c1-11-8-13(27-16(11)18(21)25-5)10-26-17(20)12-6-7-14(24-4)15(9-12)28(22,23)19(2)3/h6-9H,10H2,1-5H3. The Hall–Kier alpha value is -2.85. The lowest BCUT2D eigenvalue weighted by atomic mass is 10.2. The first kappa shape index (κ1) is 21.5. The Balaban J connectivity index is 2.23. The number of hydrogen-bond acceptors (Lipinski definition) is 8. The highest BCUT2D eigenvalue weighted by molar-refractivity contribution is 7.89. The number of sulfonamides is 1. The van der Waals surface area contributed by atoms with E-state index in [-0.39, 0.29) is 34.3 Å². The van der Waals surface area contributed by atoms with Gasteiger partial charge in [0, 0.05) is 19.7 Å². The fraction of sp³-hybridized carbons (Fsp3) is 0.333. The Labute approximate surface area is 162 Å². The average Bonchev–Trinajstić information content (AvgIpc) is 3.05. The van der Waals surface area contributed by atoms with E-state index in [1.807, 2.05) is 0 Å². The minimum Gasteiger partial charge on any atom is -0.495 e. The summed E-state index contributed by atoms with van der Waals surface area (Å²) in [6.07, 6.45) is 0. The molecule has 0 unspecified atom stereocenters. The molecule has 0 amide bonds. The summed E-state index contributed by atoms with van der Waals surface area (Å²) in [4.78, 5) is 23.7. The van der Waals surface area contributed by atoms with E-state index in [2.05, 4.69) is 4.74 Å². The Morgan fingerprint density at radius 2 is 1.79 bits per heavy atom. The molecule has 0 aliphatic carbocycles. The SMILES string of the molecule is COC(=O)c1oc(COC(=O)c2ccc(OC)c(S(=O)(=O)N(C)C)c2)cc1C. The van der Waals surface area contributed by atoms with Crippen molar-refractivity contribution in [2.45, 2.75) is 18.4 Å². The molecule has 2 rings (SSSR count). The zero-order chi connectivity index (χ0) is 21.1. The highest BCUT2D eigenvalue weighted by Gasteiger charge is 2.24. The second-order valence-corrected chi connectivity index (χ2v) is 8.07. The number of furan rings is 1. The molecule has 0 radical (unpaired) electrons. The quantitative estimate of drug-likeness (QED) is 0.636. The number of benzene rings is 1. The van der Waals surface area contributed by atoms with E-state index in [1.165, 1.54) is 46.5 Å². The van der Waals surface area contributed by atoms with Gasteiger partial charge in [-0.15, -0.1) is 0 Å². The molecule has 0 aliphatic rings. The predicted molar refractivity (Wildman–Crippen MR) is 97.8 cm³/mol. The van der Waals surface area contributed by atoms with Crippen LogP contribution < -0.4 is 4.74 Å². The third-order valence-electron chi connectivity index (χ3n) is 3.84. The molecule has 9 nitrogen and oxygen atoms in total. The molecule has 0 atom stereocenters. The number of ether oxygens (including phenoxy) is 3. The number of carbonyl (C=O) groups is 2. The number of esters is 2. The van der Waals surface area contributed by atoms with Gasteiger partial charge in [-0.05, 0) is 31.2 Å². The molecule has 0 bridgehead atoms. The van der Waals surface area contributed by atoms with Gasteiger partial charge in [-0.3, -0.25) is 0 Å². The summed E-state index contributed by atoms with van der Waals surface area (Å²) in [7, 11) is 1.48. The van der Waals surface area contributed by atoms with Crippen molar-refractivity contribution in [1.82, 2.24) is 4.31 Å². The van der Waals surface area contributed by atoms with Gasteiger partial charge in [-0.2, -0.15) is 0 Å². The van der Waals surface area contributed by atoms with Crippen LogP contribution >= 0.6 is 0 Å². The maximum Gasteiger partial charge on any atom is 0.374 e. The summed E-state index contributed by atoms with van der Waals surface area (Å²) in [5.74, 6) is -1.01. The number of hydrogen-bond donors (Lipinski definition) is 0. The highest BCUT2D eigenvalue weighted by Crippen LogP contribution is 2.27. The number of aryl methyl sites for hydroxylation is 1. The van der Waals surface area contributed by atoms with Crippen LogP contribution in [0, 0.1) is 6.92 Å². The largest absolute Gasteiger partial charge is 0.495 e. The van der Waals surface area contributed by atoms with Crippen LogP contribution in [0.3, 0.4) is 0 Å². The summed E-state index contributed by atoms with van der Waals surface area (Å²) >= 11 is 0. The van der Waals surface area contributed by atoms with Gasteiger partial charge < -0.3 is 18.6 Å². The molecule has 2 aromatic rings. The molecule has 152 valence electrons. The molecule has 1 heterocycles. The topological polar surface area (TPSA) is 112 Å². The van der Waals surface area contributed by atoms with Crippen molar-refractivity contribution in [3.05, 3.63) is 46.9 Å². The van der Waals surface area contributed by atoms with Gasteiger partial charge in [0.05, 0.1) is 19.8 Å². The van der Waals surface area contributed by atoms with Crippen molar-refractivity contribution in [2.75, 3.05) is 28.3 Å². The number of methoxy groups -OCH3 is 2.